The minimum absolute atomic E-state index is 0.113. The van der Waals surface area contributed by atoms with E-state index in [9.17, 15) is 14.4 Å². The highest BCUT2D eigenvalue weighted by atomic mass is 16.5. The standard InChI is InChI=1S/C26H35N5O5/c1-26(25(34)28-18-9-7-5-6-8-10-18)16-31-21(24(33)30(26)2)14-20(29-31)23(32)27-15-17-13-19(35-3)11-12-22(17)36-4/h11-14,18H,5-10,15-16H2,1-4H3,(H,27,32)(H,28,34). The molecule has 1 aromatic heterocycles. The lowest BCUT2D eigenvalue weighted by Crippen LogP contribution is -2.63. The molecule has 1 fully saturated rings. The largest absolute Gasteiger partial charge is 0.497 e. The molecule has 10 nitrogen and oxygen atoms in total. The number of nitrogens with one attached hydrogen (secondary N) is 2. The van der Waals surface area contributed by atoms with Crippen LogP contribution >= 0.6 is 0 Å². The topological polar surface area (TPSA) is 115 Å². The van der Waals surface area contributed by atoms with Gasteiger partial charge >= 0.3 is 0 Å². The summed E-state index contributed by atoms with van der Waals surface area (Å²) >= 11 is 0. The van der Waals surface area contributed by atoms with Gasteiger partial charge in [0.1, 0.15) is 22.7 Å². The van der Waals surface area contributed by atoms with Crippen molar-refractivity contribution in [3.8, 4) is 11.5 Å². The molecule has 2 N–H and O–H groups in total. The highest BCUT2D eigenvalue weighted by Crippen LogP contribution is 2.28. The Kier molecular flexibility index (Phi) is 7.51. The molecule has 1 aliphatic carbocycles. The number of likely N-dealkylation sites (N-methyl/N-ethyl adjacent to an activating group) is 1. The Morgan fingerprint density at radius 3 is 2.50 bits per heavy atom. The summed E-state index contributed by atoms with van der Waals surface area (Å²) in [5.74, 6) is 0.296. The van der Waals surface area contributed by atoms with Crippen molar-refractivity contribution in [2.45, 2.75) is 70.1 Å². The molecule has 2 aromatic rings. The molecule has 1 unspecified atom stereocenters. The van der Waals surface area contributed by atoms with Gasteiger partial charge in [0.2, 0.25) is 5.91 Å². The van der Waals surface area contributed by atoms with Gasteiger partial charge in [-0.2, -0.15) is 5.10 Å². The van der Waals surface area contributed by atoms with Gasteiger partial charge in [-0.05, 0) is 38.0 Å². The van der Waals surface area contributed by atoms with Gasteiger partial charge in [0.05, 0.1) is 20.8 Å². The third-order valence-corrected chi connectivity index (χ3v) is 7.34. The minimum Gasteiger partial charge on any atom is -0.497 e. The van der Waals surface area contributed by atoms with Gasteiger partial charge in [0.15, 0.2) is 5.69 Å². The summed E-state index contributed by atoms with van der Waals surface area (Å²) in [4.78, 5) is 40.9. The lowest BCUT2D eigenvalue weighted by Gasteiger charge is -2.41. The number of nitrogens with zero attached hydrogens (tertiary/aromatic N) is 3. The van der Waals surface area contributed by atoms with Crippen LogP contribution in [0.5, 0.6) is 11.5 Å². The first-order valence-corrected chi connectivity index (χ1v) is 12.4. The Bertz CT molecular complexity index is 1140. The lowest BCUT2D eigenvalue weighted by molar-refractivity contribution is -0.133. The number of carbonyl (C=O) groups is 3. The second kappa shape index (κ2) is 10.6. The van der Waals surface area contributed by atoms with Crippen molar-refractivity contribution < 1.29 is 23.9 Å². The first kappa shape index (κ1) is 25.5. The number of amides is 3. The number of hydrogen-bond acceptors (Lipinski definition) is 6. The predicted molar refractivity (Wildman–Crippen MR) is 133 cm³/mol. The Hall–Kier alpha value is -3.56. The minimum atomic E-state index is -1.11. The van der Waals surface area contributed by atoms with Crippen LogP contribution in [-0.4, -0.2) is 65.2 Å². The van der Waals surface area contributed by atoms with Crippen molar-refractivity contribution in [1.29, 1.82) is 0 Å². The van der Waals surface area contributed by atoms with Crippen LogP contribution < -0.4 is 20.1 Å². The number of aromatic nitrogens is 2. The molecule has 0 saturated heterocycles. The number of fused-ring (bicyclic) bond motifs is 1. The Morgan fingerprint density at radius 1 is 1.11 bits per heavy atom. The third kappa shape index (κ3) is 5.03. The lowest BCUT2D eigenvalue weighted by atomic mass is 9.95. The summed E-state index contributed by atoms with van der Waals surface area (Å²) in [6.45, 7) is 2.10. The maximum absolute atomic E-state index is 13.3. The van der Waals surface area contributed by atoms with Crippen molar-refractivity contribution >= 4 is 17.7 Å². The number of benzene rings is 1. The van der Waals surface area contributed by atoms with Crippen molar-refractivity contribution in [3.63, 3.8) is 0 Å². The van der Waals surface area contributed by atoms with E-state index in [-0.39, 0.29) is 42.3 Å². The molecule has 3 amide bonds. The fourth-order valence-electron chi connectivity index (χ4n) is 4.89. The monoisotopic (exact) mass is 497 g/mol. The summed E-state index contributed by atoms with van der Waals surface area (Å²) < 4.78 is 12.1. The molecular formula is C26H35N5O5. The zero-order valence-corrected chi connectivity index (χ0v) is 21.4. The van der Waals surface area contributed by atoms with Crippen LogP contribution in [0.15, 0.2) is 24.3 Å². The number of methoxy groups -OCH3 is 2. The van der Waals surface area contributed by atoms with Gasteiger partial charge in [-0.25, -0.2) is 0 Å². The summed E-state index contributed by atoms with van der Waals surface area (Å²) in [5, 5.41) is 10.4. The van der Waals surface area contributed by atoms with E-state index >= 15 is 0 Å². The summed E-state index contributed by atoms with van der Waals surface area (Å²) in [6.07, 6.45) is 6.48. The second-order valence-electron chi connectivity index (χ2n) is 9.73. The van der Waals surface area contributed by atoms with Crippen molar-refractivity contribution in [2.75, 3.05) is 21.3 Å². The molecule has 2 heterocycles. The van der Waals surface area contributed by atoms with Gasteiger partial charge in [-0.1, -0.05) is 25.7 Å². The van der Waals surface area contributed by atoms with Crippen LogP contribution in [0.25, 0.3) is 0 Å². The number of carbonyl (C=O) groups excluding carboxylic acids is 3. The van der Waals surface area contributed by atoms with E-state index in [1.807, 2.05) is 0 Å². The average Bonchev–Trinajstić information content (AvgIpc) is 3.13. The van der Waals surface area contributed by atoms with E-state index in [1.54, 1.807) is 46.4 Å². The quantitative estimate of drug-likeness (QED) is 0.568. The maximum atomic E-state index is 13.3. The predicted octanol–water partition coefficient (Wildman–Crippen LogP) is 2.51. The fourth-order valence-corrected chi connectivity index (χ4v) is 4.89. The van der Waals surface area contributed by atoms with Crippen LogP contribution in [-0.2, 0) is 17.9 Å². The van der Waals surface area contributed by atoms with Gasteiger partial charge in [-0.15, -0.1) is 0 Å². The Balaban J connectivity index is 1.48. The van der Waals surface area contributed by atoms with Crippen molar-refractivity contribution in [1.82, 2.24) is 25.3 Å². The summed E-state index contributed by atoms with van der Waals surface area (Å²) in [6, 6.07) is 6.92. The van der Waals surface area contributed by atoms with Crippen LogP contribution in [0.1, 0.15) is 72.0 Å². The molecule has 1 aliphatic heterocycles. The highest BCUT2D eigenvalue weighted by Gasteiger charge is 2.46. The van der Waals surface area contributed by atoms with Gasteiger partial charge in [-0.3, -0.25) is 19.1 Å². The van der Waals surface area contributed by atoms with Gasteiger partial charge < -0.3 is 25.0 Å². The Morgan fingerprint density at radius 2 is 1.83 bits per heavy atom. The first-order valence-electron chi connectivity index (χ1n) is 12.4. The van der Waals surface area contributed by atoms with Crippen molar-refractivity contribution in [3.05, 3.63) is 41.2 Å². The molecule has 2 aliphatic rings. The average molecular weight is 498 g/mol. The summed E-state index contributed by atoms with van der Waals surface area (Å²) in [7, 11) is 4.75. The van der Waals surface area contributed by atoms with E-state index in [1.165, 1.54) is 28.5 Å². The molecule has 4 rings (SSSR count). The van der Waals surface area contributed by atoms with Crippen molar-refractivity contribution in [2.24, 2.45) is 0 Å². The van der Waals surface area contributed by atoms with E-state index in [0.29, 0.717) is 11.5 Å². The molecule has 1 aromatic carbocycles. The molecule has 36 heavy (non-hydrogen) atoms. The molecule has 1 saturated carbocycles. The zero-order valence-electron chi connectivity index (χ0n) is 21.4. The summed E-state index contributed by atoms with van der Waals surface area (Å²) in [5.41, 5.74) is 0.0283. The SMILES string of the molecule is COc1ccc(OC)c(CNC(=O)c2cc3n(n2)CC(C)(C(=O)NC2CCCCCC2)N(C)C3=O)c1. The number of rotatable bonds is 7. The molecule has 194 valence electrons. The first-order chi connectivity index (χ1) is 17.3. The molecular weight excluding hydrogens is 462 g/mol. The molecule has 0 bridgehead atoms. The number of hydrogen-bond donors (Lipinski definition) is 2. The highest BCUT2D eigenvalue weighted by molar-refractivity contribution is 6.01. The molecule has 1 atom stereocenters. The Labute approximate surface area is 211 Å². The molecule has 0 radical (unpaired) electrons. The van der Waals surface area contributed by atoms with E-state index in [4.69, 9.17) is 9.47 Å². The molecule has 0 spiro atoms. The van der Waals surface area contributed by atoms with E-state index in [0.717, 1.165) is 31.2 Å². The number of ether oxygens (including phenoxy) is 2. The zero-order chi connectivity index (χ0) is 25.9. The fraction of sp³-hybridized carbons (Fsp3) is 0.538. The van der Waals surface area contributed by atoms with Crippen LogP contribution in [0.3, 0.4) is 0 Å². The van der Waals surface area contributed by atoms with Crippen LogP contribution in [0, 0.1) is 0 Å². The van der Waals surface area contributed by atoms with E-state index in [2.05, 4.69) is 15.7 Å². The van der Waals surface area contributed by atoms with Gasteiger partial charge in [0.25, 0.3) is 11.8 Å². The third-order valence-electron chi connectivity index (χ3n) is 7.34. The van der Waals surface area contributed by atoms with E-state index < -0.39 is 11.4 Å². The van der Waals surface area contributed by atoms with Crippen LogP contribution in [0.2, 0.25) is 0 Å². The molecule has 10 heteroatoms. The smallest absolute Gasteiger partial charge is 0.272 e. The van der Waals surface area contributed by atoms with Gasteiger partial charge in [0, 0.05) is 31.3 Å². The van der Waals surface area contributed by atoms with Crippen LogP contribution in [0.4, 0.5) is 0 Å². The second-order valence-corrected chi connectivity index (χ2v) is 9.73. The normalized spacial score (nSPS) is 20.3. The maximum Gasteiger partial charge on any atom is 0.272 e.